The van der Waals surface area contributed by atoms with Crippen LogP contribution in [-0.2, 0) is 7.05 Å². The molecule has 5 heteroatoms. The third-order valence-corrected chi connectivity index (χ3v) is 4.88. The normalized spacial score (nSPS) is 12.9. The van der Waals surface area contributed by atoms with Crippen LogP contribution in [0.1, 0.15) is 51.9 Å². The molecule has 0 aromatic carbocycles. The number of thiazole rings is 1. The van der Waals surface area contributed by atoms with E-state index < -0.39 is 0 Å². The van der Waals surface area contributed by atoms with Crippen molar-refractivity contribution >= 4 is 11.3 Å². The summed E-state index contributed by atoms with van der Waals surface area (Å²) in [5.74, 6) is 0. The number of aryl methyl sites for hydroxylation is 4. The molecule has 0 aliphatic carbocycles. The van der Waals surface area contributed by atoms with Gasteiger partial charge >= 0.3 is 0 Å². The molecule has 0 amide bonds. The first-order valence-electron chi connectivity index (χ1n) is 7.13. The highest BCUT2D eigenvalue weighted by atomic mass is 32.1. The summed E-state index contributed by atoms with van der Waals surface area (Å²) in [5.41, 5.74) is 4.70. The van der Waals surface area contributed by atoms with Gasteiger partial charge in [0.05, 0.1) is 17.4 Å². The van der Waals surface area contributed by atoms with Crippen LogP contribution >= 0.6 is 11.3 Å². The Morgan fingerprint density at radius 2 is 1.90 bits per heavy atom. The second-order valence-corrected chi connectivity index (χ2v) is 6.52. The van der Waals surface area contributed by atoms with Gasteiger partial charge in [-0.1, -0.05) is 6.92 Å². The maximum Gasteiger partial charge on any atom is 0.115 e. The molecule has 4 nitrogen and oxygen atoms in total. The Morgan fingerprint density at radius 1 is 1.20 bits per heavy atom. The van der Waals surface area contributed by atoms with Gasteiger partial charge in [0.1, 0.15) is 5.01 Å². The molecule has 0 bridgehead atoms. The van der Waals surface area contributed by atoms with Crippen LogP contribution < -0.4 is 5.32 Å². The van der Waals surface area contributed by atoms with Crippen LogP contribution in [0.15, 0.2) is 0 Å². The van der Waals surface area contributed by atoms with Crippen LogP contribution in [-0.4, -0.2) is 21.3 Å². The van der Waals surface area contributed by atoms with Crippen molar-refractivity contribution in [1.29, 1.82) is 0 Å². The zero-order valence-corrected chi connectivity index (χ0v) is 14.1. The van der Waals surface area contributed by atoms with E-state index in [1.54, 1.807) is 11.3 Å². The van der Waals surface area contributed by atoms with Crippen molar-refractivity contribution in [3.8, 4) is 0 Å². The van der Waals surface area contributed by atoms with Gasteiger partial charge in [0.25, 0.3) is 0 Å². The number of rotatable bonds is 5. The van der Waals surface area contributed by atoms with E-state index in [1.165, 1.54) is 16.1 Å². The molecule has 2 aromatic rings. The van der Waals surface area contributed by atoms with Crippen molar-refractivity contribution in [2.24, 2.45) is 7.05 Å². The molecule has 20 heavy (non-hydrogen) atoms. The zero-order chi connectivity index (χ0) is 14.9. The van der Waals surface area contributed by atoms with Crippen LogP contribution in [0.3, 0.4) is 0 Å². The van der Waals surface area contributed by atoms with E-state index >= 15 is 0 Å². The fraction of sp³-hybridized carbons (Fsp3) is 0.600. The van der Waals surface area contributed by atoms with Gasteiger partial charge in [-0.2, -0.15) is 5.10 Å². The average molecular weight is 292 g/mol. The molecule has 2 rings (SSSR count). The molecule has 0 spiro atoms. The standard InChI is InChI=1S/C15H24N4S/c1-7-8-16-14(15-17-9(2)12(5)20-15)13-10(3)18-19(6)11(13)4/h14,16H,7-8H2,1-6H3. The molecule has 2 heterocycles. The zero-order valence-electron chi connectivity index (χ0n) is 13.2. The Morgan fingerprint density at radius 3 is 2.35 bits per heavy atom. The predicted molar refractivity (Wildman–Crippen MR) is 84.4 cm³/mol. The van der Waals surface area contributed by atoms with Gasteiger partial charge in [-0.15, -0.1) is 11.3 Å². The predicted octanol–water partition coefficient (Wildman–Crippen LogP) is 3.20. The summed E-state index contributed by atoms with van der Waals surface area (Å²) in [7, 11) is 2.00. The second kappa shape index (κ2) is 6.06. The molecule has 1 unspecified atom stereocenters. The molecule has 0 saturated heterocycles. The minimum absolute atomic E-state index is 0.154. The van der Waals surface area contributed by atoms with E-state index in [0.717, 1.165) is 29.4 Å². The number of nitrogens with zero attached hydrogens (tertiary/aromatic N) is 3. The first kappa shape index (κ1) is 15.2. The lowest BCUT2D eigenvalue weighted by molar-refractivity contribution is 0.589. The van der Waals surface area contributed by atoms with Crippen LogP contribution in [0.2, 0.25) is 0 Å². The second-order valence-electron chi connectivity index (χ2n) is 5.29. The largest absolute Gasteiger partial charge is 0.304 e. The number of hydrogen-bond donors (Lipinski definition) is 1. The third-order valence-electron chi connectivity index (χ3n) is 3.74. The van der Waals surface area contributed by atoms with Crippen LogP contribution in [0.5, 0.6) is 0 Å². The maximum absolute atomic E-state index is 4.75. The lowest BCUT2D eigenvalue weighted by Crippen LogP contribution is -2.24. The SMILES string of the molecule is CCCNC(c1nc(C)c(C)s1)c1c(C)nn(C)c1C. The summed E-state index contributed by atoms with van der Waals surface area (Å²) in [6, 6.07) is 0.154. The summed E-state index contributed by atoms with van der Waals surface area (Å²) in [6.07, 6.45) is 1.11. The summed E-state index contributed by atoms with van der Waals surface area (Å²) in [6.45, 7) is 11.6. The lowest BCUT2D eigenvalue weighted by atomic mass is 10.1. The Kier molecular flexibility index (Phi) is 4.60. The van der Waals surface area contributed by atoms with Crippen molar-refractivity contribution in [3.05, 3.63) is 32.5 Å². The molecule has 0 aliphatic rings. The van der Waals surface area contributed by atoms with Crippen molar-refractivity contribution in [2.75, 3.05) is 6.54 Å². The number of aromatic nitrogens is 3. The highest BCUT2D eigenvalue weighted by Gasteiger charge is 2.24. The molecule has 0 radical (unpaired) electrons. The lowest BCUT2D eigenvalue weighted by Gasteiger charge is -2.17. The fourth-order valence-electron chi connectivity index (χ4n) is 2.43. The van der Waals surface area contributed by atoms with Gasteiger partial charge < -0.3 is 5.32 Å². The van der Waals surface area contributed by atoms with Crippen molar-refractivity contribution in [1.82, 2.24) is 20.1 Å². The molecule has 1 atom stereocenters. The van der Waals surface area contributed by atoms with E-state index in [-0.39, 0.29) is 6.04 Å². The fourth-order valence-corrected chi connectivity index (χ4v) is 3.44. The van der Waals surface area contributed by atoms with Gasteiger partial charge in [-0.05, 0) is 40.7 Å². The Labute approximate surface area is 125 Å². The van der Waals surface area contributed by atoms with Gasteiger partial charge in [0.2, 0.25) is 0 Å². The summed E-state index contributed by atoms with van der Waals surface area (Å²) < 4.78 is 1.96. The molecule has 1 N–H and O–H groups in total. The number of hydrogen-bond acceptors (Lipinski definition) is 4. The Bertz CT molecular complexity index is 578. The van der Waals surface area contributed by atoms with E-state index in [0.29, 0.717) is 0 Å². The highest BCUT2D eigenvalue weighted by Crippen LogP contribution is 2.31. The van der Waals surface area contributed by atoms with Crippen molar-refractivity contribution in [3.63, 3.8) is 0 Å². The van der Waals surface area contributed by atoms with Crippen molar-refractivity contribution in [2.45, 2.75) is 47.1 Å². The Hall–Kier alpha value is -1.20. The van der Waals surface area contributed by atoms with Crippen molar-refractivity contribution < 1.29 is 0 Å². The van der Waals surface area contributed by atoms with Gasteiger partial charge in [-0.3, -0.25) is 4.68 Å². The smallest absolute Gasteiger partial charge is 0.115 e. The summed E-state index contributed by atoms with van der Waals surface area (Å²) >= 11 is 1.78. The van der Waals surface area contributed by atoms with Crippen LogP contribution in [0.4, 0.5) is 0 Å². The molecule has 0 aliphatic heterocycles. The molecule has 0 fully saturated rings. The van der Waals surface area contributed by atoms with Gasteiger partial charge in [0.15, 0.2) is 0 Å². The topological polar surface area (TPSA) is 42.7 Å². The highest BCUT2D eigenvalue weighted by molar-refractivity contribution is 7.11. The monoisotopic (exact) mass is 292 g/mol. The minimum atomic E-state index is 0.154. The van der Waals surface area contributed by atoms with E-state index in [9.17, 15) is 0 Å². The van der Waals surface area contributed by atoms with Crippen LogP contribution in [0.25, 0.3) is 0 Å². The Balaban J connectivity index is 2.46. The van der Waals surface area contributed by atoms with Gasteiger partial charge in [-0.25, -0.2) is 4.98 Å². The van der Waals surface area contributed by atoms with Gasteiger partial charge in [0, 0.05) is 23.2 Å². The minimum Gasteiger partial charge on any atom is -0.304 e. The summed E-state index contributed by atoms with van der Waals surface area (Å²) in [5, 5.41) is 9.33. The molecular weight excluding hydrogens is 268 g/mol. The maximum atomic E-state index is 4.75. The van der Waals surface area contributed by atoms with E-state index in [4.69, 9.17) is 4.98 Å². The average Bonchev–Trinajstić information content (AvgIpc) is 2.84. The first-order chi connectivity index (χ1) is 9.45. The molecule has 2 aromatic heterocycles. The van der Waals surface area contributed by atoms with E-state index in [2.05, 4.69) is 45.0 Å². The van der Waals surface area contributed by atoms with E-state index in [1.807, 2.05) is 11.7 Å². The third kappa shape index (κ3) is 2.79. The summed E-state index contributed by atoms with van der Waals surface area (Å²) in [4.78, 5) is 6.04. The first-order valence-corrected chi connectivity index (χ1v) is 7.94. The molecular formula is C15H24N4S. The van der Waals surface area contributed by atoms with Crippen LogP contribution in [0, 0.1) is 27.7 Å². The molecule has 0 saturated carbocycles. The number of nitrogens with one attached hydrogen (secondary N) is 1. The quantitative estimate of drug-likeness (QED) is 0.920. The molecule has 110 valence electrons.